The number of amides is 1. The molecule has 0 aliphatic heterocycles. The van der Waals surface area contributed by atoms with Gasteiger partial charge in [0.2, 0.25) is 0 Å². The Labute approximate surface area is 250 Å². The van der Waals surface area contributed by atoms with Gasteiger partial charge < -0.3 is 24.3 Å². The lowest BCUT2D eigenvalue weighted by molar-refractivity contribution is 0.0525. The number of rotatable bonds is 15. The van der Waals surface area contributed by atoms with Crippen molar-refractivity contribution in [3.63, 3.8) is 0 Å². The van der Waals surface area contributed by atoms with Crippen LogP contribution in [0.15, 0.2) is 67.4 Å². The molecule has 0 aliphatic carbocycles. The highest BCUT2D eigenvalue weighted by atomic mass is 16.6. The van der Waals surface area contributed by atoms with Crippen LogP contribution in [0.25, 0.3) is 5.76 Å². The third kappa shape index (κ3) is 9.23. The number of nitrogens with zero attached hydrogens (tertiary/aromatic N) is 2. The van der Waals surface area contributed by atoms with Crippen molar-refractivity contribution in [1.29, 1.82) is 0 Å². The van der Waals surface area contributed by atoms with Crippen LogP contribution in [-0.4, -0.2) is 41.4 Å². The van der Waals surface area contributed by atoms with Crippen LogP contribution in [0, 0.1) is 0 Å². The fourth-order valence-corrected chi connectivity index (χ4v) is 4.75. The van der Waals surface area contributed by atoms with Gasteiger partial charge in [0.1, 0.15) is 23.7 Å². The monoisotopic (exact) mass is 575 g/mol. The van der Waals surface area contributed by atoms with E-state index in [1.807, 2.05) is 58.0 Å². The van der Waals surface area contributed by atoms with Crippen molar-refractivity contribution in [1.82, 2.24) is 15.3 Å². The van der Waals surface area contributed by atoms with Gasteiger partial charge in [-0.25, -0.2) is 14.8 Å². The van der Waals surface area contributed by atoms with Gasteiger partial charge in [0.05, 0.1) is 18.9 Å². The molecule has 226 valence electrons. The lowest BCUT2D eigenvalue weighted by Crippen LogP contribution is -2.33. The van der Waals surface area contributed by atoms with E-state index < -0.39 is 11.7 Å². The first-order valence-corrected chi connectivity index (χ1v) is 14.7. The number of alkyl carbamates (subject to hydrolysis) is 1. The summed E-state index contributed by atoms with van der Waals surface area (Å²) in [6.45, 7) is 17.6. The van der Waals surface area contributed by atoms with Crippen molar-refractivity contribution in [2.24, 2.45) is 0 Å². The summed E-state index contributed by atoms with van der Waals surface area (Å²) in [5, 5.41) is 2.75. The highest BCUT2D eigenvalue weighted by Crippen LogP contribution is 2.40. The van der Waals surface area contributed by atoms with Gasteiger partial charge >= 0.3 is 6.09 Å². The number of hydrogen-bond donors (Lipinski definition) is 1. The highest BCUT2D eigenvalue weighted by molar-refractivity contribution is 5.67. The maximum absolute atomic E-state index is 11.8. The highest BCUT2D eigenvalue weighted by Gasteiger charge is 2.30. The maximum Gasteiger partial charge on any atom is 0.407 e. The summed E-state index contributed by atoms with van der Waals surface area (Å²) in [5.74, 6) is 2.49. The summed E-state index contributed by atoms with van der Waals surface area (Å²) >= 11 is 0. The molecule has 42 heavy (non-hydrogen) atoms. The smallest absolute Gasteiger partial charge is 0.407 e. The minimum Gasteiger partial charge on any atom is -0.494 e. The zero-order valence-electron chi connectivity index (χ0n) is 25.9. The zero-order chi connectivity index (χ0) is 30.6. The Morgan fingerprint density at radius 2 is 1.48 bits per heavy atom. The van der Waals surface area contributed by atoms with Crippen LogP contribution in [0.4, 0.5) is 4.79 Å². The molecule has 3 aromatic rings. The summed E-state index contributed by atoms with van der Waals surface area (Å²) in [6.07, 6.45) is 3.86. The number of ether oxygens (including phenoxy) is 4. The Balaban J connectivity index is 1.58. The molecule has 0 unspecified atom stereocenters. The molecule has 1 N–H and O–H groups in total. The van der Waals surface area contributed by atoms with Crippen molar-refractivity contribution in [2.75, 3.05) is 19.8 Å². The molecule has 0 saturated heterocycles. The van der Waals surface area contributed by atoms with Gasteiger partial charge in [-0.15, -0.1) is 0 Å². The normalized spacial score (nSPS) is 11.5. The van der Waals surface area contributed by atoms with Crippen molar-refractivity contribution in [2.45, 2.75) is 78.4 Å². The third-order valence-electron chi connectivity index (χ3n) is 6.95. The second-order valence-corrected chi connectivity index (χ2v) is 11.0. The molecule has 2 aromatic carbocycles. The Hall–Kier alpha value is -4.07. The largest absolute Gasteiger partial charge is 0.494 e. The summed E-state index contributed by atoms with van der Waals surface area (Å²) in [6, 6.07) is 18.5. The maximum atomic E-state index is 11.8. The van der Waals surface area contributed by atoms with Crippen LogP contribution in [0.1, 0.15) is 83.5 Å². The first-order valence-electron chi connectivity index (χ1n) is 14.7. The van der Waals surface area contributed by atoms with Crippen molar-refractivity contribution < 1.29 is 23.7 Å². The molecule has 8 heteroatoms. The fraction of sp³-hybridized carbons (Fsp3) is 0.441. The molecule has 1 amide bonds. The van der Waals surface area contributed by atoms with Crippen LogP contribution in [0.2, 0.25) is 0 Å². The van der Waals surface area contributed by atoms with E-state index in [1.165, 1.54) is 11.1 Å². The predicted octanol–water partition coefficient (Wildman–Crippen LogP) is 7.46. The first kappa shape index (κ1) is 32.4. The van der Waals surface area contributed by atoms with Crippen LogP contribution in [0.5, 0.6) is 11.5 Å². The van der Waals surface area contributed by atoms with E-state index in [0.717, 1.165) is 30.0 Å². The number of carbonyl (C=O) groups is 1. The molecule has 3 rings (SSSR count). The number of carbonyl (C=O) groups excluding carboxylic acids is 1. The van der Waals surface area contributed by atoms with Gasteiger partial charge in [0.25, 0.3) is 0 Å². The van der Waals surface area contributed by atoms with Crippen LogP contribution >= 0.6 is 0 Å². The molecule has 0 spiro atoms. The van der Waals surface area contributed by atoms with E-state index in [4.69, 9.17) is 18.9 Å². The molecule has 0 fully saturated rings. The van der Waals surface area contributed by atoms with Gasteiger partial charge in [0.15, 0.2) is 11.6 Å². The number of aromatic nitrogens is 2. The first-order chi connectivity index (χ1) is 20.1. The standard InChI is InChI=1S/C34H45N3O5/c1-8-34(9-2,26-12-16-29(17-13-26)40-23-11-21-36-32(38)42-33(5,6)7)27-14-18-30(19-15-27)41-24-28-20-22-35-31(37-28)25(4)39-10-3/h12-20,22H,4,8-11,21,23-24H2,1-3,5-7H3,(H,36,38). The number of hydrogen-bond acceptors (Lipinski definition) is 7. The molecule has 0 radical (unpaired) electrons. The Morgan fingerprint density at radius 3 is 2.02 bits per heavy atom. The van der Waals surface area contributed by atoms with Gasteiger partial charge in [-0.2, -0.15) is 0 Å². The SMILES string of the molecule is C=C(OCC)c1nccc(COc2ccc(C(CC)(CC)c3ccc(OCCCNC(=O)OC(C)(C)C)cc3)cc2)n1. The molecule has 1 heterocycles. The van der Waals surface area contributed by atoms with E-state index in [-0.39, 0.29) is 5.41 Å². The van der Waals surface area contributed by atoms with Crippen molar-refractivity contribution in [3.8, 4) is 11.5 Å². The van der Waals surface area contributed by atoms with Gasteiger partial charge in [-0.05, 0) is 88.4 Å². The molecule has 8 nitrogen and oxygen atoms in total. The van der Waals surface area contributed by atoms with Crippen LogP contribution in [0.3, 0.4) is 0 Å². The predicted molar refractivity (Wildman–Crippen MR) is 166 cm³/mol. The molecule has 0 saturated carbocycles. The average molecular weight is 576 g/mol. The zero-order valence-corrected chi connectivity index (χ0v) is 25.9. The Morgan fingerprint density at radius 1 is 0.881 bits per heavy atom. The van der Waals surface area contributed by atoms with E-state index in [2.05, 4.69) is 60.0 Å². The van der Waals surface area contributed by atoms with Crippen molar-refractivity contribution in [3.05, 3.63) is 90.0 Å². The lowest BCUT2D eigenvalue weighted by atomic mass is 9.70. The van der Waals surface area contributed by atoms with E-state index in [1.54, 1.807) is 6.20 Å². The van der Waals surface area contributed by atoms with Crippen LogP contribution < -0.4 is 14.8 Å². The fourth-order valence-electron chi connectivity index (χ4n) is 4.75. The lowest BCUT2D eigenvalue weighted by Gasteiger charge is -2.33. The average Bonchev–Trinajstić information content (AvgIpc) is 2.97. The molecule has 0 atom stereocenters. The van der Waals surface area contributed by atoms with E-state index in [9.17, 15) is 4.79 Å². The molecular formula is C34H45N3O5. The summed E-state index contributed by atoms with van der Waals surface area (Å²) in [4.78, 5) is 20.5. The van der Waals surface area contributed by atoms with E-state index >= 15 is 0 Å². The Kier molecular flexibility index (Phi) is 11.8. The second-order valence-electron chi connectivity index (χ2n) is 11.0. The molecule has 0 aliphatic rings. The second kappa shape index (κ2) is 15.2. The minimum atomic E-state index is -0.506. The van der Waals surface area contributed by atoms with Gasteiger partial charge in [-0.1, -0.05) is 44.7 Å². The quantitative estimate of drug-likeness (QED) is 0.148. The molecule has 0 bridgehead atoms. The van der Waals surface area contributed by atoms with E-state index in [0.29, 0.717) is 44.4 Å². The molecule has 1 aromatic heterocycles. The van der Waals surface area contributed by atoms with Crippen molar-refractivity contribution >= 4 is 11.9 Å². The topological polar surface area (TPSA) is 91.8 Å². The third-order valence-corrected chi connectivity index (χ3v) is 6.95. The summed E-state index contributed by atoms with van der Waals surface area (Å²) in [5.41, 5.74) is 2.59. The number of benzene rings is 2. The van der Waals surface area contributed by atoms with Gasteiger partial charge in [0, 0.05) is 18.2 Å². The molecular weight excluding hydrogens is 530 g/mol. The van der Waals surface area contributed by atoms with Gasteiger partial charge in [-0.3, -0.25) is 0 Å². The van der Waals surface area contributed by atoms with Crippen LogP contribution in [-0.2, 0) is 21.5 Å². The minimum absolute atomic E-state index is 0.129. The summed E-state index contributed by atoms with van der Waals surface area (Å²) < 4.78 is 22.6. The summed E-state index contributed by atoms with van der Waals surface area (Å²) in [7, 11) is 0. The Bertz CT molecular complexity index is 1280. The number of nitrogens with one attached hydrogen (secondary N) is 1.